The number of pyridine rings is 1. The second kappa shape index (κ2) is 7.49. The third-order valence-electron chi connectivity index (χ3n) is 3.83. The zero-order valence-electron chi connectivity index (χ0n) is 14.2. The van der Waals surface area contributed by atoms with Gasteiger partial charge < -0.3 is 19.5 Å². The smallest absolute Gasteiger partial charge is 0.352 e. The first-order valence-electron chi connectivity index (χ1n) is 8.14. The minimum Gasteiger partial charge on any atom is -0.490 e. The zero-order chi connectivity index (χ0) is 17.9. The van der Waals surface area contributed by atoms with Crippen molar-refractivity contribution in [2.75, 3.05) is 6.61 Å². The van der Waals surface area contributed by atoms with Crippen LogP contribution in [0.1, 0.15) is 43.2 Å². The average molecular weight is 333 g/mol. The van der Waals surface area contributed by atoms with E-state index < -0.39 is 12.1 Å². The van der Waals surface area contributed by atoms with E-state index in [1.165, 1.54) is 0 Å². The number of aryl methyl sites for hydroxylation is 2. The first kappa shape index (κ1) is 18.0. The molecule has 1 heterocycles. The maximum atomic E-state index is 12.6. The number of hydrogen-bond donors (Lipinski definition) is 2. The molecule has 6 nitrogen and oxygen atoms in total. The highest BCUT2D eigenvalue weighted by Crippen LogP contribution is 2.28. The first-order chi connectivity index (χ1) is 11.4. The molecule has 2 aromatic rings. The van der Waals surface area contributed by atoms with E-state index in [4.69, 9.17) is 4.74 Å². The van der Waals surface area contributed by atoms with Crippen LogP contribution >= 0.6 is 0 Å². The molecule has 1 aromatic heterocycles. The van der Waals surface area contributed by atoms with E-state index >= 15 is 0 Å². The Bertz CT molecular complexity index is 807. The fourth-order valence-electron chi connectivity index (χ4n) is 2.86. The van der Waals surface area contributed by atoms with E-state index in [-0.39, 0.29) is 17.7 Å². The topological polar surface area (TPSA) is 88.8 Å². The van der Waals surface area contributed by atoms with Gasteiger partial charge in [0, 0.05) is 12.6 Å². The number of benzene rings is 1. The van der Waals surface area contributed by atoms with Gasteiger partial charge in [0.1, 0.15) is 18.1 Å². The number of aromatic carboxylic acids is 1. The summed E-state index contributed by atoms with van der Waals surface area (Å²) < 4.78 is 7.22. The lowest BCUT2D eigenvalue weighted by molar-refractivity contribution is 0.0685. The van der Waals surface area contributed by atoms with Gasteiger partial charge in [0.2, 0.25) is 0 Å². The maximum absolute atomic E-state index is 12.6. The van der Waals surface area contributed by atoms with E-state index in [0.29, 0.717) is 23.2 Å². The van der Waals surface area contributed by atoms with Gasteiger partial charge in [-0.2, -0.15) is 0 Å². The molecule has 0 spiro atoms. The Hall–Kier alpha value is -2.34. The summed E-state index contributed by atoms with van der Waals surface area (Å²) in [5.74, 6) is -0.761. The third-order valence-corrected chi connectivity index (χ3v) is 3.83. The van der Waals surface area contributed by atoms with Crippen molar-refractivity contribution in [1.29, 1.82) is 0 Å². The predicted molar refractivity (Wildman–Crippen MR) is 92.0 cm³/mol. The fourth-order valence-corrected chi connectivity index (χ4v) is 2.86. The number of ether oxygens (including phenoxy) is 1. The normalized spacial score (nSPS) is 12.3. The van der Waals surface area contributed by atoms with Crippen molar-refractivity contribution in [2.24, 2.45) is 0 Å². The summed E-state index contributed by atoms with van der Waals surface area (Å²) >= 11 is 0. The van der Waals surface area contributed by atoms with Crippen LogP contribution in [0, 0.1) is 0 Å². The minimum absolute atomic E-state index is 0.0278. The standard InChI is InChI=1S/C18H23NO5/c1-4-6-12-7-8-15(24-10-11(3)20)16-14(21)9-13(18(22)23)19(5-2)17(12)16/h7-9,11,20H,4-6,10H2,1-3H3,(H,22,23). The van der Waals surface area contributed by atoms with Gasteiger partial charge in [-0.1, -0.05) is 19.4 Å². The molecule has 6 heteroatoms. The van der Waals surface area contributed by atoms with Crippen LogP contribution in [0.2, 0.25) is 0 Å². The number of carbonyl (C=O) groups is 1. The van der Waals surface area contributed by atoms with Crippen molar-refractivity contribution in [1.82, 2.24) is 4.57 Å². The number of carboxylic acid groups (broad SMARTS) is 1. The van der Waals surface area contributed by atoms with Gasteiger partial charge in [0.15, 0.2) is 5.43 Å². The number of aromatic nitrogens is 1. The Labute approximate surface area is 140 Å². The Balaban J connectivity index is 2.84. The van der Waals surface area contributed by atoms with Crippen molar-refractivity contribution >= 4 is 16.9 Å². The summed E-state index contributed by atoms with van der Waals surface area (Å²) in [4.78, 5) is 24.1. The van der Waals surface area contributed by atoms with Crippen molar-refractivity contribution in [2.45, 2.75) is 46.3 Å². The summed E-state index contributed by atoms with van der Waals surface area (Å²) in [6.07, 6.45) is 0.940. The first-order valence-corrected chi connectivity index (χ1v) is 8.14. The summed E-state index contributed by atoms with van der Waals surface area (Å²) in [5, 5.41) is 19.2. The second-order valence-corrected chi connectivity index (χ2v) is 5.80. The lowest BCUT2D eigenvalue weighted by atomic mass is 10.0. The Kier molecular flexibility index (Phi) is 5.62. The van der Waals surface area contributed by atoms with Crippen LogP contribution < -0.4 is 10.2 Å². The summed E-state index contributed by atoms with van der Waals surface area (Å²) in [6.45, 7) is 5.96. The number of aliphatic hydroxyl groups is 1. The quantitative estimate of drug-likeness (QED) is 0.812. The number of carboxylic acids is 1. The van der Waals surface area contributed by atoms with Gasteiger partial charge in [-0.05, 0) is 31.9 Å². The monoisotopic (exact) mass is 333 g/mol. The van der Waals surface area contributed by atoms with E-state index in [9.17, 15) is 19.8 Å². The van der Waals surface area contributed by atoms with Crippen molar-refractivity contribution in [3.05, 3.63) is 39.7 Å². The highest BCUT2D eigenvalue weighted by atomic mass is 16.5. The SMILES string of the molecule is CCCc1ccc(OCC(C)O)c2c(=O)cc(C(=O)O)n(CC)c12. The minimum atomic E-state index is -1.13. The van der Waals surface area contributed by atoms with E-state index in [0.717, 1.165) is 24.5 Å². The number of aliphatic hydroxyl groups excluding tert-OH is 1. The molecule has 1 aromatic carbocycles. The molecule has 0 amide bonds. The van der Waals surface area contributed by atoms with Gasteiger partial charge in [-0.3, -0.25) is 4.79 Å². The average Bonchev–Trinajstić information content (AvgIpc) is 2.53. The van der Waals surface area contributed by atoms with Gasteiger partial charge in [0.25, 0.3) is 0 Å². The molecular weight excluding hydrogens is 310 g/mol. The molecule has 0 radical (unpaired) electrons. The molecule has 0 aliphatic carbocycles. The summed E-state index contributed by atoms with van der Waals surface area (Å²) in [6, 6.07) is 4.72. The third kappa shape index (κ3) is 3.43. The number of rotatable bonds is 7. The molecule has 24 heavy (non-hydrogen) atoms. The van der Waals surface area contributed by atoms with Crippen molar-refractivity contribution in [3.8, 4) is 5.75 Å². The van der Waals surface area contributed by atoms with Gasteiger partial charge in [-0.15, -0.1) is 0 Å². The molecular formula is C18H23NO5. The molecule has 0 saturated carbocycles. The highest BCUT2D eigenvalue weighted by Gasteiger charge is 2.19. The molecule has 130 valence electrons. The molecule has 0 bridgehead atoms. The Morgan fingerprint density at radius 1 is 1.33 bits per heavy atom. The molecule has 1 unspecified atom stereocenters. The van der Waals surface area contributed by atoms with Crippen molar-refractivity contribution < 1.29 is 19.7 Å². The molecule has 1 atom stereocenters. The highest BCUT2D eigenvalue weighted by molar-refractivity contribution is 5.94. The largest absolute Gasteiger partial charge is 0.490 e. The number of fused-ring (bicyclic) bond motifs is 1. The Morgan fingerprint density at radius 2 is 2.04 bits per heavy atom. The van der Waals surface area contributed by atoms with Gasteiger partial charge in [-0.25, -0.2) is 4.79 Å². The van der Waals surface area contributed by atoms with Crippen LogP contribution in [0.5, 0.6) is 5.75 Å². The molecule has 0 fully saturated rings. The molecule has 0 aliphatic heterocycles. The van der Waals surface area contributed by atoms with E-state index in [1.54, 1.807) is 17.6 Å². The van der Waals surface area contributed by atoms with Gasteiger partial charge >= 0.3 is 5.97 Å². The summed E-state index contributed by atoms with van der Waals surface area (Å²) in [5.41, 5.74) is 1.11. The van der Waals surface area contributed by atoms with E-state index in [2.05, 4.69) is 0 Å². The molecule has 0 saturated heterocycles. The van der Waals surface area contributed by atoms with Crippen LogP contribution in [-0.2, 0) is 13.0 Å². The molecule has 2 rings (SSSR count). The summed E-state index contributed by atoms with van der Waals surface area (Å²) in [7, 11) is 0. The van der Waals surface area contributed by atoms with Crippen LogP contribution in [0.4, 0.5) is 0 Å². The van der Waals surface area contributed by atoms with E-state index in [1.807, 2.05) is 19.9 Å². The molecule has 2 N–H and O–H groups in total. The fraction of sp³-hybridized carbons (Fsp3) is 0.444. The van der Waals surface area contributed by atoms with Crippen LogP contribution in [0.25, 0.3) is 10.9 Å². The van der Waals surface area contributed by atoms with Crippen LogP contribution in [-0.4, -0.2) is 33.5 Å². The molecule has 0 aliphatic rings. The zero-order valence-corrected chi connectivity index (χ0v) is 14.2. The number of nitrogens with zero attached hydrogens (tertiary/aromatic N) is 1. The lowest BCUT2D eigenvalue weighted by Crippen LogP contribution is -2.20. The Morgan fingerprint density at radius 3 is 2.58 bits per heavy atom. The predicted octanol–water partition coefficient (Wildman–Crippen LogP) is 2.43. The maximum Gasteiger partial charge on any atom is 0.352 e. The number of hydrogen-bond acceptors (Lipinski definition) is 4. The lowest BCUT2D eigenvalue weighted by Gasteiger charge is -2.18. The van der Waals surface area contributed by atoms with Crippen LogP contribution in [0.3, 0.4) is 0 Å². The van der Waals surface area contributed by atoms with Crippen LogP contribution in [0.15, 0.2) is 23.0 Å². The second-order valence-electron chi connectivity index (χ2n) is 5.80. The van der Waals surface area contributed by atoms with Crippen molar-refractivity contribution in [3.63, 3.8) is 0 Å². The van der Waals surface area contributed by atoms with Gasteiger partial charge in [0.05, 0.1) is 17.0 Å².